The molecular weight excluding hydrogens is 388 g/mol. The summed E-state index contributed by atoms with van der Waals surface area (Å²) in [6, 6.07) is 0. The van der Waals surface area contributed by atoms with Crippen LogP contribution in [0.2, 0.25) is 0 Å². The largest absolute Gasteiger partial charge is 0.396 e. The van der Waals surface area contributed by atoms with Crippen molar-refractivity contribution in [2.45, 2.75) is 90.8 Å². The summed E-state index contributed by atoms with van der Waals surface area (Å²) in [7, 11) is 0. The van der Waals surface area contributed by atoms with Gasteiger partial charge in [0.2, 0.25) is 0 Å². The van der Waals surface area contributed by atoms with Crippen LogP contribution in [0.5, 0.6) is 0 Å². The molecular formula is C27H42O4. The summed E-state index contributed by atoms with van der Waals surface area (Å²) in [4.78, 5) is 12.1. The molecule has 3 N–H and O–H groups in total. The van der Waals surface area contributed by atoms with E-state index in [2.05, 4.69) is 26.8 Å². The standard InChI is InChI=1S/C27H42O4/c1-5-17(2)8-12-26(4,31)24-23(30)15-22-20-7-6-18-14-19(29)9-11-25(18,3)21(20)10-13-27(22,24)16-28/h8,12,14,17,20-24,28,30-31H,5-7,9-11,13,15-16H2,1-4H3. The Morgan fingerprint density at radius 3 is 2.68 bits per heavy atom. The van der Waals surface area contributed by atoms with Crippen LogP contribution in [0.4, 0.5) is 0 Å². The number of carbonyl (C=O) groups excluding carboxylic acids is 1. The first-order valence-electron chi connectivity index (χ1n) is 12.5. The van der Waals surface area contributed by atoms with E-state index in [0.717, 1.165) is 38.5 Å². The van der Waals surface area contributed by atoms with Crippen LogP contribution >= 0.6 is 0 Å². The maximum atomic E-state index is 12.1. The van der Waals surface area contributed by atoms with Gasteiger partial charge in [-0.3, -0.25) is 4.79 Å². The van der Waals surface area contributed by atoms with Gasteiger partial charge in [-0.25, -0.2) is 0 Å². The second-order valence-corrected chi connectivity index (χ2v) is 11.7. The van der Waals surface area contributed by atoms with Crippen LogP contribution in [-0.2, 0) is 4.79 Å². The zero-order chi connectivity index (χ0) is 22.6. The van der Waals surface area contributed by atoms with Crippen LogP contribution in [0.1, 0.15) is 79.1 Å². The molecule has 4 aliphatic rings. The number of hydrogen-bond donors (Lipinski definition) is 3. The van der Waals surface area contributed by atoms with Crippen molar-refractivity contribution < 1.29 is 20.1 Å². The molecule has 3 saturated carbocycles. The number of ketones is 1. The Labute approximate surface area is 187 Å². The van der Waals surface area contributed by atoms with Crippen LogP contribution < -0.4 is 0 Å². The smallest absolute Gasteiger partial charge is 0.155 e. The van der Waals surface area contributed by atoms with E-state index in [9.17, 15) is 20.1 Å². The zero-order valence-corrected chi connectivity index (χ0v) is 19.8. The number of rotatable bonds is 5. The first kappa shape index (κ1) is 23.2. The van der Waals surface area contributed by atoms with Gasteiger partial charge in [0, 0.05) is 24.4 Å². The molecule has 0 aromatic heterocycles. The predicted molar refractivity (Wildman–Crippen MR) is 122 cm³/mol. The van der Waals surface area contributed by atoms with Gasteiger partial charge in [-0.1, -0.05) is 44.9 Å². The van der Waals surface area contributed by atoms with Gasteiger partial charge in [0.05, 0.1) is 11.7 Å². The average Bonchev–Trinajstić information content (AvgIpc) is 3.05. The minimum Gasteiger partial charge on any atom is -0.396 e. The Hall–Kier alpha value is -0.970. The molecule has 0 amide bonds. The normalized spacial score (nSPS) is 45.5. The molecule has 3 fully saturated rings. The van der Waals surface area contributed by atoms with E-state index in [0.29, 0.717) is 30.6 Å². The average molecular weight is 431 g/mol. The lowest BCUT2D eigenvalue weighted by atomic mass is 9.46. The molecule has 4 rings (SSSR count). The molecule has 0 saturated heterocycles. The van der Waals surface area contributed by atoms with Crippen molar-refractivity contribution in [1.29, 1.82) is 0 Å². The van der Waals surface area contributed by atoms with Crippen molar-refractivity contribution in [2.24, 2.45) is 40.4 Å². The number of fused-ring (bicyclic) bond motifs is 5. The van der Waals surface area contributed by atoms with Crippen LogP contribution in [0, 0.1) is 40.4 Å². The molecule has 0 aromatic carbocycles. The molecule has 9 atom stereocenters. The Morgan fingerprint density at radius 1 is 1.26 bits per heavy atom. The number of aliphatic hydroxyl groups excluding tert-OH is 2. The van der Waals surface area contributed by atoms with Gasteiger partial charge in [-0.05, 0) is 80.6 Å². The maximum Gasteiger partial charge on any atom is 0.155 e. The van der Waals surface area contributed by atoms with Crippen LogP contribution in [0.25, 0.3) is 0 Å². The molecule has 0 radical (unpaired) electrons. The maximum absolute atomic E-state index is 12.1. The van der Waals surface area contributed by atoms with Crippen LogP contribution in [-0.4, -0.2) is 39.4 Å². The second-order valence-electron chi connectivity index (χ2n) is 11.7. The number of aliphatic hydroxyl groups is 3. The second kappa shape index (κ2) is 8.11. The fourth-order valence-electron chi connectivity index (χ4n) is 8.24. The van der Waals surface area contributed by atoms with Crippen molar-refractivity contribution in [2.75, 3.05) is 6.61 Å². The molecule has 4 nitrogen and oxygen atoms in total. The van der Waals surface area contributed by atoms with Crippen molar-refractivity contribution in [3.05, 3.63) is 23.8 Å². The molecule has 174 valence electrons. The zero-order valence-electron chi connectivity index (χ0n) is 19.8. The minimum absolute atomic E-state index is 0.0217. The fraction of sp³-hybridized carbons (Fsp3) is 0.815. The topological polar surface area (TPSA) is 77.8 Å². The van der Waals surface area contributed by atoms with Gasteiger partial charge in [0.1, 0.15) is 0 Å². The highest BCUT2D eigenvalue weighted by molar-refractivity contribution is 5.91. The lowest BCUT2D eigenvalue weighted by molar-refractivity contribution is -0.132. The van der Waals surface area contributed by atoms with E-state index in [1.165, 1.54) is 5.57 Å². The molecule has 4 heteroatoms. The van der Waals surface area contributed by atoms with Crippen molar-refractivity contribution >= 4 is 5.78 Å². The highest BCUT2D eigenvalue weighted by atomic mass is 16.3. The van der Waals surface area contributed by atoms with Crippen molar-refractivity contribution in [1.82, 2.24) is 0 Å². The molecule has 0 bridgehead atoms. The molecule has 31 heavy (non-hydrogen) atoms. The van der Waals surface area contributed by atoms with Gasteiger partial charge < -0.3 is 15.3 Å². The van der Waals surface area contributed by atoms with Gasteiger partial charge in [-0.2, -0.15) is 0 Å². The minimum atomic E-state index is -1.14. The third-order valence-corrected chi connectivity index (χ3v) is 10.0. The highest BCUT2D eigenvalue weighted by Crippen LogP contribution is 2.67. The number of allylic oxidation sites excluding steroid dienone is 2. The Kier molecular flexibility index (Phi) is 6.07. The molecule has 0 heterocycles. The van der Waals surface area contributed by atoms with E-state index >= 15 is 0 Å². The van der Waals surface area contributed by atoms with Gasteiger partial charge in [0.25, 0.3) is 0 Å². The number of carbonyl (C=O) groups is 1. The van der Waals surface area contributed by atoms with E-state index in [-0.39, 0.29) is 29.6 Å². The predicted octanol–water partition coefficient (Wildman–Crippen LogP) is 4.43. The summed E-state index contributed by atoms with van der Waals surface area (Å²) in [6.45, 7) is 8.46. The molecule has 0 spiro atoms. The highest BCUT2D eigenvalue weighted by Gasteiger charge is 2.65. The fourth-order valence-corrected chi connectivity index (χ4v) is 8.24. The third kappa shape index (κ3) is 3.57. The van der Waals surface area contributed by atoms with Gasteiger partial charge in [-0.15, -0.1) is 0 Å². The monoisotopic (exact) mass is 430 g/mol. The van der Waals surface area contributed by atoms with E-state index in [4.69, 9.17) is 0 Å². The summed E-state index contributed by atoms with van der Waals surface area (Å²) in [5.41, 5.74) is -0.180. The van der Waals surface area contributed by atoms with E-state index < -0.39 is 17.1 Å². The van der Waals surface area contributed by atoms with Crippen molar-refractivity contribution in [3.8, 4) is 0 Å². The Bertz CT molecular complexity index is 767. The van der Waals surface area contributed by atoms with E-state index in [1.807, 2.05) is 19.1 Å². The van der Waals surface area contributed by atoms with Crippen LogP contribution in [0.3, 0.4) is 0 Å². The molecule has 0 aromatic rings. The third-order valence-electron chi connectivity index (χ3n) is 10.0. The quantitative estimate of drug-likeness (QED) is 0.564. The van der Waals surface area contributed by atoms with Gasteiger partial charge >= 0.3 is 0 Å². The molecule has 0 aliphatic heterocycles. The summed E-state index contributed by atoms with van der Waals surface area (Å²) < 4.78 is 0. The summed E-state index contributed by atoms with van der Waals surface area (Å²) in [5, 5.41) is 33.5. The lowest BCUT2D eigenvalue weighted by Gasteiger charge is -2.59. The Morgan fingerprint density at radius 2 is 2.00 bits per heavy atom. The SMILES string of the molecule is CCC(C)C=CC(C)(O)C1C(O)CC2C3CCC4=CC(=O)CCC4(C)C3CCC21CO. The lowest BCUT2D eigenvalue weighted by Crippen LogP contribution is -2.56. The summed E-state index contributed by atoms with van der Waals surface area (Å²) in [6.07, 6.45) is 12.3. The Balaban J connectivity index is 1.66. The summed E-state index contributed by atoms with van der Waals surface area (Å²) >= 11 is 0. The van der Waals surface area contributed by atoms with Crippen molar-refractivity contribution in [3.63, 3.8) is 0 Å². The van der Waals surface area contributed by atoms with E-state index in [1.54, 1.807) is 0 Å². The first-order chi connectivity index (χ1) is 14.6. The molecule has 9 unspecified atom stereocenters. The van der Waals surface area contributed by atoms with Gasteiger partial charge in [0.15, 0.2) is 5.78 Å². The molecule has 4 aliphatic carbocycles. The first-order valence-corrected chi connectivity index (χ1v) is 12.5. The number of hydrogen-bond acceptors (Lipinski definition) is 4. The van der Waals surface area contributed by atoms with Crippen LogP contribution in [0.15, 0.2) is 23.8 Å². The summed E-state index contributed by atoms with van der Waals surface area (Å²) in [5.74, 6) is 1.44.